The fourth-order valence-corrected chi connectivity index (χ4v) is 5.61. The van der Waals surface area contributed by atoms with E-state index in [0.717, 1.165) is 35.8 Å². The molecule has 0 bridgehead atoms. The minimum absolute atomic E-state index is 0. The lowest BCUT2D eigenvalue weighted by atomic mass is 9.82. The number of rotatable bonds is 7. The van der Waals surface area contributed by atoms with Crippen LogP contribution >= 0.6 is 23.7 Å². The highest BCUT2D eigenvalue weighted by Gasteiger charge is 2.29. The second-order valence-electron chi connectivity index (χ2n) is 10.7. The molecule has 0 saturated carbocycles. The number of halogens is 1. The van der Waals surface area contributed by atoms with Crippen molar-refractivity contribution in [2.75, 3.05) is 18.4 Å². The number of imide groups is 1. The number of nitrogens with zero attached hydrogens (tertiary/aromatic N) is 4. The van der Waals surface area contributed by atoms with Crippen LogP contribution in [0.5, 0.6) is 0 Å². The van der Waals surface area contributed by atoms with Gasteiger partial charge in [-0.15, -0.1) is 28.8 Å². The third kappa shape index (κ3) is 6.86. The molecular formula is C27H33ClN6O3S. The topological polar surface area (TPSA) is 109 Å². The molecule has 0 spiro atoms. The monoisotopic (exact) mass is 556 g/mol. The van der Waals surface area contributed by atoms with Gasteiger partial charge in [-0.1, -0.05) is 31.2 Å². The number of hydrogen-bond donors (Lipinski definition) is 2. The Balaban J connectivity index is 0.00000336. The third-order valence-electron chi connectivity index (χ3n) is 7.18. The van der Waals surface area contributed by atoms with Crippen LogP contribution in [-0.2, 0) is 27.3 Å². The van der Waals surface area contributed by atoms with Crippen molar-refractivity contribution in [3.05, 3.63) is 52.3 Å². The normalized spacial score (nSPS) is 19.5. The minimum Gasteiger partial charge on any atom is -0.326 e. The molecule has 2 fully saturated rings. The maximum Gasteiger partial charge on any atom is 0.251 e. The number of anilines is 1. The van der Waals surface area contributed by atoms with Crippen LogP contribution in [0, 0.1) is 5.41 Å². The second kappa shape index (κ2) is 11.8. The molecule has 3 amide bonds. The van der Waals surface area contributed by atoms with Crippen LogP contribution in [0.4, 0.5) is 5.69 Å². The molecule has 1 unspecified atom stereocenters. The number of aromatic nitrogens is 3. The summed E-state index contributed by atoms with van der Waals surface area (Å²) < 4.78 is 1.50. The lowest BCUT2D eigenvalue weighted by Gasteiger charge is -2.36. The van der Waals surface area contributed by atoms with Crippen molar-refractivity contribution in [3.8, 4) is 11.3 Å². The van der Waals surface area contributed by atoms with Gasteiger partial charge < -0.3 is 5.32 Å². The summed E-state index contributed by atoms with van der Waals surface area (Å²) in [7, 11) is 0. The molecule has 2 aromatic heterocycles. The van der Waals surface area contributed by atoms with Crippen molar-refractivity contribution in [1.82, 2.24) is 25.2 Å². The van der Waals surface area contributed by atoms with Crippen molar-refractivity contribution < 1.29 is 14.4 Å². The van der Waals surface area contributed by atoms with E-state index >= 15 is 0 Å². The van der Waals surface area contributed by atoms with E-state index in [0.29, 0.717) is 17.5 Å². The Morgan fingerprint density at radius 1 is 1.18 bits per heavy atom. The molecule has 1 aromatic carbocycles. The van der Waals surface area contributed by atoms with E-state index in [1.54, 1.807) is 6.20 Å². The summed E-state index contributed by atoms with van der Waals surface area (Å²) in [5.41, 5.74) is 3.96. The summed E-state index contributed by atoms with van der Waals surface area (Å²) in [6.07, 6.45) is 5.10. The quantitative estimate of drug-likeness (QED) is 0.422. The van der Waals surface area contributed by atoms with E-state index in [4.69, 9.17) is 0 Å². The Bertz CT molecular complexity index is 1290. The number of nitrogens with one attached hydrogen (secondary N) is 2. The average molecular weight is 557 g/mol. The van der Waals surface area contributed by atoms with Gasteiger partial charge in [-0.25, -0.2) is 4.68 Å². The lowest BCUT2D eigenvalue weighted by Crippen LogP contribution is -2.41. The van der Waals surface area contributed by atoms with Crippen LogP contribution in [0.15, 0.2) is 41.9 Å². The van der Waals surface area contributed by atoms with Crippen LogP contribution in [-0.4, -0.2) is 50.7 Å². The van der Waals surface area contributed by atoms with E-state index in [1.165, 1.54) is 34.4 Å². The fraction of sp³-hybridized carbons (Fsp3) is 0.444. The number of hydrogen-bond acceptors (Lipinski definition) is 7. The summed E-state index contributed by atoms with van der Waals surface area (Å²) in [6.45, 7) is 7.88. The molecule has 202 valence electrons. The molecule has 2 saturated heterocycles. The zero-order valence-corrected chi connectivity index (χ0v) is 23.2. The summed E-state index contributed by atoms with van der Waals surface area (Å²) in [5.74, 6) is -0.703. The first-order valence-electron chi connectivity index (χ1n) is 12.7. The zero-order valence-electron chi connectivity index (χ0n) is 21.6. The highest BCUT2D eigenvalue weighted by atomic mass is 35.5. The molecule has 1 atom stereocenters. The van der Waals surface area contributed by atoms with Crippen molar-refractivity contribution in [2.45, 2.75) is 58.5 Å². The van der Waals surface area contributed by atoms with Gasteiger partial charge >= 0.3 is 0 Å². The van der Waals surface area contributed by atoms with Crippen LogP contribution in [0.2, 0.25) is 0 Å². The zero-order chi connectivity index (χ0) is 26.0. The van der Waals surface area contributed by atoms with Gasteiger partial charge in [0.05, 0.1) is 12.6 Å². The number of benzene rings is 1. The Morgan fingerprint density at radius 2 is 1.92 bits per heavy atom. The lowest BCUT2D eigenvalue weighted by molar-refractivity contribution is -0.136. The van der Waals surface area contributed by atoms with Gasteiger partial charge in [0.1, 0.15) is 11.7 Å². The number of likely N-dealkylation sites (tertiary alicyclic amines) is 1. The molecule has 0 aliphatic carbocycles. The van der Waals surface area contributed by atoms with Gasteiger partial charge in [-0.3, -0.25) is 24.6 Å². The maximum absolute atomic E-state index is 12.6. The Hall–Kier alpha value is -3.08. The van der Waals surface area contributed by atoms with Gasteiger partial charge in [0.25, 0.3) is 5.91 Å². The highest BCUT2D eigenvalue weighted by Crippen LogP contribution is 2.30. The average Bonchev–Trinajstić information content (AvgIpc) is 3.51. The summed E-state index contributed by atoms with van der Waals surface area (Å²) >= 11 is 1.48. The number of thiophene rings is 1. The number of piperidine rings is 2. The SMILES string of the molecule is CC1(C)CCN(Cc2ccc(NC(=O)Cc3cc(-c4cn(C5CCC(=O)NC5=O)nn4)cs3)cc2)CC1.Cl. The number of carbonyl (C=O) groups is 3. The maximum atomic E-state index is 12.6. The summed E-state index contributed by atoms with van der Waals surface area (Å²) in [5, 5.41) is 15.5. The van der Waals surface area contributed by atoms with Gasteiger partial charge in [0.2, 0.25) is 11.8 Å². The first kappa shape index (κ1) is 27.9. The molecular weight excluding hydrogens is 524 g/mol. The third-order valence-corrected chi connectivity index (χ3v) is 8.11. The van der Waals surface area contributed by atoms with E-state index < -0.39 is 6.04 Å². The first-order valence-corrected chi connectivity index (χ1v) is 13.6. The predicted octanol–water partition coefficient (Wildman–Crippen LogP) is 4.21. The van der Waals surface area contributed by atoms with Gasteiger partial charge in [0.15, 0.2) is 0 Å². The smallest absolute Gasteiger partial charge is 0.251 e. The first-order chi connectivity index (χ1) is 17.7. The molecule has 3 aromatic rings. The van der Waals surface area contributed by atoms with Crippen molar-refractivity contribution >= 4 is 47.2 Å². The molecule has 2 aliphatic heterocycles. The van der Waals surface area contributed by atoms with Crippen LogP contribution < -0.4 is 10.6 Å². The molecule has 11 heteroatoms. The van der Waals surface area contributed by atoms with Crippen LogP contribution in [0.3, 0.4) is 0 Å². The fourth-order valence-electron chi connectivity index (χ4n) is 4.74. The summed E-state index contributed by atoms with van der Waals surface area (Å²) in [6, 6.07) is 9.49. The highest BCUT2D eigenvalue weighted by molar-refractivity contribution is 7.10. The molecule has 38 heavy (non-hydrogen) atoms. The van der Waals surface area contributed by atoms with Crippen molar-refractivity contribution in [2.24, 2.45) is 5.41 Å². The van der Waals surface area contributed by atoms with Crippen LogP contribution in [0.25, 0.3) is 11.3 Å². The number of amides is 3. The second-order valence-corrected chi connectivity index (χ2v) is 11.7. The van der Waals surface area contributed by atoms with Gasteiger partial charge in [-0.05, 0) is 61.5 Å². The van der Waals surface area contributed by atoms with E-state index in [-0.39, 0.29) is 43.0 Å². The predicted molar refractivity (Wildman–Crippen MR) is 149 cm³/mol. The van der Waals surface area contributed by atoms with Gasteiger partial charge in [-0.2, -0.15) is 0 Å². The molecule has 4 heterocycles. The Labute approximate surface area is 232 Å². The van der Waals surface area contributed by atoms with Crippen molar-refractivity contribution in [3.63, 3.8) is 0 Å². The van der Waals surface area contributed by atoms with E-state index in [1.807, 2.05) is 23.6 Å². The van der Waals surface area contributed by atoms with Crippen molar-refractivity contribution in [1.29, 1.82) is 0 Å². The molecule has 2 aliphatic rings. The standard InChI is InChI=1S/C27H32N6O3S.ClH/c1-27(2)9-11-32(12-10-27)15-18-3-5-20(6-4-18)28-25(35)14-21-13-19(17-37-21)22-16-33(31-30-22)23-7-8-24(34)29-26(23)36;/h3-6,13,16-17,23H,7-12,14-15H2,1-2H3,(H,28,35)(H,29,34,36);1H. The molecule has 9 nitrogen and oxygen atoms in total. The number of carbonyl (C=O) groups excluding carboxylic acids is 3. The van der Waals surface area contributed by atoms with E-state index in [2.05, 4.69) is 51.8 Å². The molecule has 0 radical (unpaired) electrons. The van der Waals surface area contributed by atoms with E-state index in [9.17, 15) is 14.4 Å². The van der Waals surface area contributed by atoms with Gasteiger partial charge in [0, 0.05) is 34.5 Å². The Morgan fingerprint density at radius 3 is 2.63 bits per heavy atom. The molecule has 2 N–H and O–H groups in total. The largest absolute Gasteiger partial charge is 0.326 e. The minimum atomic E-state index is -0.541. The summed E-state index contributed by atoms with van der Waals surface area (Å²) in [4.78, 5) is 39.5. The van der Waals surface area contributed by atoms with Crippen LogP contribution in [0.1, 0.15) is 56.0 Å². The Kier molecular flexibility index (Phi) is 8.64. The molecule has 5 rings (SSSR count).